The molecule has 0 rings (SSSR count). The third kappa shape index (κ3) is 3.94. The van der Waals surface area contributed by atoms with Gasteiger partial charge in [0.05, 0.1) is 12.3 Å². The van der Waals surface area contributed by atoms with E-state index in [2.05, 4.69) is 13.2 Å². The highest BCUT2D eigenvalue weighted by Crippen LogP contribution is 2.12. The van der Waals surface area contributed by atoms with Crippen LogP contribution in [0.3, 0.4) is 0 Å². The Morgan fingerprint density at radius 1 is 1.57 bits per heavy atom. The van der Waals surface area contributed by atoms with E-state index in [1.807, 2.05) is 6.92 Å². The average Bonchev–Trinajstić information content (AvgIpc) is 2.22. The van der Waals surface area contributed by atoms with Crippen LogP contribution >= 0.6 is 0 Å². The second kappa shape index (κ2) is 6.95. The highest BCUT2D eigenvalue weighted by molar-refractivity contribution is 5.52. The Labute approximate surface area is 85.4 Å². The van der Waals surface area contributed by atoms with Gasteiger partial charge in [-0.1, -0.05) is 26.2 Å². The Hall–Kier alpha value is -1.51. The van der Waals surface area contributed by atoms with E-state index < -0.39 is 0 Å². The van der Waals surface area contributed by atoms with Gasteiger partial charge in [0.15, 0.2) is 0 Å². The van der Waals surface area contributed by atoms with E-state index in [4.69, 9.17) is 4.74 Å². The molecule has 0 aromatic carbocycles. The summed E-state index contributed by atoms with van der Waals surface area (Å²) in [5.41, 5.74) is 0.536. The van der Waals surface area contributed by atoms with Crippen molar-refractivity contribution < 1.29 is 9.53 Å². The molecule has 3 nitrogen and oxygen atoms in total. The zero-order valence-electron chi connectivity index (χ0n) is 8.82. The van der Waals surface area contributed by atoms with Crippen molar-refractivity contribution >= 4 is 6.41 Å². The molecule has 0 aliphatic rings. The first-order valence-electron chi connectivity index (χ1n) is 4.50. The van der Waals surface area contributed by atoms with Crippen LogP contribution in [-0.2, 0) is 9.53 Å². The fourth-order valence-electron chi connectivity index (χ4n) is 0.784. The van der Waals surface area contributed by atoms with Gasteiger partial charge in [0.2, 0.25) is 6.41 Å². The first-order valence-corrected chi connectivity index (χ1v) is 4.50. The quantitative estimate of drug-likeness (QED) is 0.353. The van der Waals surface area contributed by atoms with E-state index in [1.165, 1.54) is 4.90 Å². The van der Waals surface area contributed by atoms with Crippen LogP contribution in [0.25, 0.3) is 0 Å². The zero-order valence-corrected chi connectivity index (χ0v) is 8.82. The fraction of sp³-hybridized carbons (Fsp3) is 0.364. The van der Waals surface area contributed by atoms with Gasteiger partial charge < -0.3 is 9.64 Å². The van der Waals surface area contributed by atoms with Crippen molar-refractivity contribution in [2.45, 2.75) is 13.3 Å². The summed E-state index contributed by atoms with van der Waals surface area (Å²) in [6, 6.07) is 0. The van der Waals surface area contributed by atoms with E-state index in [0.29, 0.717) is 24.5 Å². The molecule has 78 valence electrons. The van der Waals surface area contributed by atoms with E-state index in [-0.39, 0.29) is 0 Å². The summed E-state index contributed by atoms with van der Waals surface area (Å²) in [4.78, 5) is 11.9. The molecule has 0 unspecified atom stereocenters. The lowest BCUT2D eigenvalue weighted by atomic mass is 10.3. The number of amides is 1. The monoisotopic (exact) mass is 195 g/mol. The molecule has 0 aliphatic carbocycles. The summed E-state index contributed by atoms with van der Waals surface area (Å²) >= 11 is 0. The molecule has 0 radical (unpaired) electrons. The summed E-state index contributed by atoms with van der Waals surface area (Å²) < 4.78 is 5.41. The minimum atomic E-state index is 0.536. The second-order valence-corrected chi connectivity index (χ2v) is 2.78. The van der Waals surface area contributed by atoms with Gasteiger partial charge in [0.25, 0.3) is 0 Å². The summed E-state index contributed by atoms with van der Waals surface area (Å²) in [5, 5.41) is 0. The van der Waals surface area contributed by atoms with Gasteiger partial charge in [-0.05, 0) is 12.5 Å². The highest BCUT2D eigenvalue weighted by atomic mass is 16.5. The lowest BCUT2D eigenvalue weighted by molar-refractivity contribution is -0.115. The number of likely N-dealkylation sites (N-methyl/N-ethyl adjacent to an activating group) is 1. The van der Waals surface area contributed by atoms with E-state index in [9.17, 15) is 4.79 Å². The number of carbonyl (C=O) groups is 1. The molecule has 0 saturated heterocycles. The maximum Gasteiger partial charge on any atom is 0.213 e. The molecule has 0 fully saturated rings. The van der Waals surface area contributed by atoms with Crippen LogP contribution in [0.5, 0.6) is 0 Å². The topological polar surface area (TPSA) is 29.5 Å². The number of ether oxygens (including phenoxy) is 1. The van der Waals surface area contributed by atoms with Crippen molar-refractivity contribution in [3.63, 3.8) is 0 Å². The first kappa shape index (κ1) is 12.5. The molecule has 1 amide bonds. The Bertz CT molecular complexity index is 244. The number of allylic oxidation sites excluding steroid dienone is 2. The second-order valence-electron chi connectivity index (χ2n) is 2.78. The molecule has 0 atom stereocenters. The molecule has 0 saturated carbocycles. The van der Waals surface area contributed by atoms with Gasteiger partial charge in [0, 0.05) is 7.05 Å². The van der Waals surface area contributed by atoms with E-state index in [0.717, 1.165) is 6.42 Å². The summed E-state index contributed by atoms with van der Waals surface area (Å²) in [7, 11) is 1.63. The van der Waals surface area contributed by atoms with Crippen LogP contribution < -0.4 is 0 Å². The van der Waals surface area contributed by atoms with Crippen LogP contribution in [0.15, 0.2) is 36.8 Å². The van der Waals surface area contributed by atoms with Gasteiger partial charge in [-0.15, -0.1) is 0 Å². The predicted molar refractivity (Wildman–Crippen MR) is 57.5 cm³/mol. The van der Waals surface area contributed by atoms with Crippen LogP contribution in [0, 0.1) is 0 Å². The van der Waals surface area contributed by atoms with Gasteiger partial charge in [-0.25, -0.2) is 0 Å². The van der Waals surface area contributed by atoms with Crippen molar-refractivity contribution in [3.05, 3.63) is 36.8 Å². The van der Waals surface area contributed by atoms with Gasteiger partial charge >= 0.3 is 0 Å². The minimum Gasteiger partial charge on any atom is -0.491 e. The Kier molecular flexibility index (Phi) is 6.20. The van der Waals surface area contributed by atoms with Gasteiger partial charge in [-0.2, -0.15) is 0 Å². The van der Waals surface area contributed by atoms with Crippen molar-refractivity contribution in [1.29, 1.82) is 0 Å². The number of hydrogen-bond acceptors (Lipinski definition) is 2. The summed E-state index contributed by atoms with van der Waals surface area (Å²) in [6.45, 7) is 9.94. The smallest absolute Gasteiger partial charge is 0.213 e. The number of hydrogen-bond donors (Lipinski definition) is 0. The Morgan fingerprint density at radius 2 is 2.21 bits per heavy atom. The zero-order chi connectivity index (χ0) is 11.0. The molecule has 0 aromatic rings. The lowest BCUT2D eigenvalue weighted by Crippen LogP contribution is -2.17. The molecule has 0 bridgehead atoms. The molecule has 0 aromatic heterocycles. The minimum absolute atomic E-state index is 0.536. The van der Waals surface area contributed by atoms with Gasteiger partial charge in [0.1, 0.15) is 5.76 Å². The van der Waals surface area contributed by atoms with Crippen molar-refractivity contribution in [2.75, 3.05) is 13.7 Å². The first-order chi connectivity index (χ1) is 6.67. The molecular formula is C11H17NO2. The maximum atomic E-state index is 10.5. The lowest BCUT2D eigenvalue weighted by Gasteiger charge is -2.17. The van der Waals surface area contributed by atoms with Crippen LogP contribution in [0.4, 0.5) is 0 Å². The molecule has 14 heavy (non-hydrogen) atoms. The standard InChI is InChI=1S/C11H17NO2/c1-5-7-11(14-8-6-2)10(3)12(4)9-13/h5,7,9H,1,3,6,8H2,2,4H3/b11-7+. The number of nitrogens with zero attached hydrogens (tertiary/aromatic N) is 1. The summed E-state index contributed by atoms with van der Waals surface area (Å²) in [5.74, 6) is 0.580. The molecule has 0 aliphatic heterocycles. The van der Waals surface area contributed by atoms with Crippen LogP contribution in [0.2, 0.25) is 0 Å². The summed E-state index contributed by atoms with van der Waals surface area (Å²) in [6.07, 6.45) is 4.90. The largest absolute Gasteiger partial charge is 0.491 e. The Morgan fingerprint density at radius 3 is 2.64 bits per heavy atom. The van der Waals surface area contributed by atoms with E-state index >= 15 is 0 Å². The highest BCUT2D eigenvalue weighted by Gasteiger charge is 2.07. The third-order valence-corrected chi connectivity index (χ3v) is 1.60. The third-order valence-electron chi connectivity index (χ3n) is 1.60. The number of carbonyl (C=O) groups excluding carboxylic acids is 1. The number of rotatable bonds is 7. The maximum absolute atomic E-state index is 10.5. The normalized spacial score (nSPS) is 10.6. The molecule has 0 spiro atoms. The molecule has 3 heteroatoms. The average molecular weight is 195 g/mol. The van der Waals surface area contributed by atoms with Crippen molar-refractivity contribution in [3.8, 4) is 0 Å². The van der Waals surface area contributed by atoms with Crippen molar-refractivity contribution in [2.24, 2.45) is 0 Å². The SMILES string of the molecule is C=C/C=C(/OCCC)C(=C)N(C)C=O. The van der Waals surface area contributed by atoms with Gasteiger partial charge in [-0.3, -0.25) is 4.79 Å². The predicted octanol–water partition coefficient (Wildman–Crippen LogP) is 2.08. The molecule has 0 heterocycles. The molecule has 0 N–H and O–H groups in total. The Balaban J connectivity index is 4.48. The van der Waals surface area contributed by atoms with Crippen LogP contribution in [0.1, 0.15) is 13.3 Å². The molecular weight excluding hydrogens is 178 g/mol. The van der Waals surface area contributed by atoms with Crippen LogP contribution in [-0.4, -0.2) is 25.0 Å². The van der Waals surface area contributed by atoms with Crippen molar-refractivity contribution in [1.82, 2.24) is 4.90 Å². The van der Waals surface area contributed by atoms with E-state index in [1.54, 1.807) is 19.2 Å². The fourth-order valence-corrected chi connectivity index (χ4v) is 0.784.